The van der Waals surface area contributed by atoms with Crippen molar-refractivity contribution in [3.63, 3.8) is 0 Å². The lowest BCUT2D eigenvalue weighted by Gasteiger charge is -2.04. The van der Waals surface area contributed by atoms with Crippen LogP contribution >= 0.6 is 11.8 Å². The van der Waals surface area contributed by atoms with E-state index in [0.29, 0.717) is 0 Å². The molecule has 0 radical (unpaired) electrons. The molecule has 0 aromatic heterocycles. The van der Waals surface area contributed by atoms with Crippen LogP contribution in [0.4, 0.5) is 0 Å². The van der Waals surface area contributed by atoms with Crippen LogP contribution in [-0.4, -0.2) is 23.2 Å². The highest BCUT2D eigenvalue weighted by atomic mass is 32.2. The van der Waals surface area contributed by atoms with Gasteiger partial charge in [-0.1, -0.05) is 54.6 Å². The molecule has 2 aliphatic rings. The Kier molecular flexibility index (Phi) is 2.85. The Morgan fingerprint density at radius 2 is 1.55 bits per heavy atom. The highest BCUT2D eigenvalue weighted by Gasteiger charge is 2.24. The predicted octanol–water partition coefficient (Wildman–Crippen LogP) is 4.07. The van der Waals surface area contributed by atoms with Crippen LogP contribution < -0.4 is 0 Å². The minimum atomic E-state index is 0.930. The Morgan fingerprint density at radius 1 is 0.850 bits per heavy atom. The smallest absolute Gasteiger partial charge is 0.168 e. The Hall–Kier alpha value is -2.00. The number of thioether (sulfide) groups is 1. The molecule has 0 fully saturated rings. The maximum Gasteiger partial charge on any atom is 0.168 e. The molecule has 0 aliphatic carbocycles. The molecule has 2 nitrogen and oxygen atoms in total. The maximum atomic E-state index is 4.49. The first-order valence-corrected chi connectivity index (χ1v) is 7.58. The van der Waals surface area contributed by atoms with E-state index in [0.717, 1.165) is 18.3 Å². The number of nitrogens with zero attached hydrogens (tertiary/aromatic N) is 2. The summed E-state index contributed by atoms with van der Waals surface area (Å²) in [7, 11) is 0. The van der Waals surface area contributed by atoms with E-state index in [9.17, 15) is 0 Å². The number of fused-ring (bicyclic) bond motifs is 1. The second kappa shape index (κ2) is 4.84. The summed E-state index contributed by atoms with van der Waals surface area (Å²) < 4.78 is 0. The van der Waals surface area contributed by atoms with Crippen LogP contribution in [0.2, 0.25) is 0 Å². The SMILES string of the molecule is C1=C(c2ccc(-c3ccccc3)cc2)SC2=NCCN12. The highest BCUT2D eigenvalue weighted by molar-refractivity contribution is 8.22. The lowest BCUT2D eigenvalue weighted by atomic mass is 10.0. The van der Waals surface area contributed by atoms with Crippen molar-refractivity contribution in [2.24, 2.45) is 4.99 Å². The van der Waals surface area contributed by atoms with Crippen molar-refractivity contribution in [2.75, 3.05) is 13.1 Å². The molecule has 3 heteroatoms. The predicted molar refractivity (Wildman–Crippen MR) is 86.5 cm³/mol. The molecule has 98 valence electrons. The summed E-state index contributed by atoms with van der Waals surface area (Å²) in [6.07, 6.45) is 2.22. The second-order valence-electron chi connectivity index (χ2n) is 4.90. The topological polar surface area (TPSA) is 15.6 Å². The molecule has 20 heavy (non-hydrogen) atoms. The van der Waals surface area contributed by atoms with E-state index in [4.69, 9.17) is 0 Å². The summed E-state index contributed by atoms with van der Waals surface area (Å²) in [5.74, 6) is 0. The monoisotopic (exact) mass is 278 g/mol. The molecule has 2 aliphatic heterocycles. The molecule has 2 heterocycles. The zero-order valence-corrected chi connectivity index (χ0v) is 11.8. The fourth-order valence-electron chi connectivity index (χ4n) is 2.51. The van der Waals surface area contributed by atoms with Gasteiger partial charge in [-0.05, 0) is 28.5 Å². The zero-order valence-electron chi connectivity index (χ0n) is 11.0. The van der Waals surface area contributed by atoms with Gasteiger partial charge < -0.3 is 4.90 Å². The summed E-state index contributed by atoms with van der Waals surface area (Å²) >= 11 is 1.77. The quantitative estimate of drug-likeness (QED) is 0.823. The van der Waals surface area contributed by atoms with Gasteiger partial charge in [-0.3, -0.25) is 4.99 Å². The van der Waals surface area contributed by atoms with Crippen LogP contribution in [0, 0.1) is 0 Å². The van der Waals surface area contributed by atoms with E-state index in [1.807, 2.05) is 6.07 Å². The number of hydrogen-bond acceptors (Lipinski definition) is 3. The number of aliphatic imine (C=N–C) groups is 1. The van der Waals surface area contributed by atoms with E-state index in [1.165, 1.54) is 21.6 Å². The number of hydrogen-bond donors (Lipinski definition) is 0. The molecule has 0 saturated heterocycles. The average molecular weight is 278 g/mol. The van der Waals surface area contributed by atoms with Gasteiger partial charge in [0.15, 0.2) is 5.17 Å². The van der Waals surface area contributed by atoms with Gasteiger partial charge in [0.1, 0.15) is 0 Å². The van der Waals surface area contributed by atoms with Crippen molar-refractivity contribution in [3.05, 3.63) is 66.4 Å². The van der Waals surface area contributed by atoms with Gasteiger partial charge in [0.25, 0.3) is 0 Å². The van der Waals surface area contributed by atoms with E-state index in [1.54, 1.807) is 11.8 Å². The Balaban J connectivity index is 1.61. The number of benzene rings is 2. The van der Waals surface area contributed by atoms with Crippen LogP contribution in [0.5, 0.6) is 0 Å². The van der Waals surface area contributed by atoms with Crippen LogP contribution in [-0.2, 0) is 0 Å². The van der Waals surface area contributed by atoms with Crippen molar-refractivity contribution in [3.8, 4) is 11.1 Å². The third-order valence-corrected chi connectivity index (χ3v) is 4.69. The molecule has 2 aromatic carbocycles. The molecule has 0 spiro atoms. The summed E-state index contributed by atoms with van der Waals surface area (Å²) in [6.45, 7) is 1.95. The van der Waals surface area contributed by atoms with Crippen LogP contribution in [0.1, 0.15) is 5.56 Å². The van der Waals surface area contributed by atoms with Crippen molar-refractivity contribution < 1.29 is 0 Å². The van der Waals surface area contributed by atoms with Gasteiger partial charge in [-0.2, -0.15) is 0 Å². The Morgan fingerprint density at radius 3 is 2.30 bits per heavy atom. The fourth-order valence-corrected chi connectivity index (χ4v) is 3.56. The first-order valence-electron chi connectivity index (χ1n) is 6.77. The summed E-state index contributed by atoms with van der Waals surface area (Å²) in [6, 6.07) is 19.3. The third kappa shape index (κ3) is 2.04. The molecule has 0 saturated carbocycles. The van der Waals surface area contributed by atoms with E-state index >= 15 is 0 Å². The van der Waals surface area contributed by atoms with Gasteiger partial charge >= 0.3 is 0 Å². The lowest BCUT2D eigenvalue weighted by Crippen LogP contribution is -2.14. The normalized spacial score (nSPS) is 16.9. The largest absolute Gasteiger partial charge is 0.325 e. The number of rotatable bonds is 2. The maximum absolute atomic E-state index is 4.49. The van der Waals surface area contributed by atoms with Gasteiger partial charge in [0.05, 0.1) is 6.54 Å². The van der Waals surface area contributed by atoms with Crippen LogP contribution in [0.15, 0.2) is 65.8 Å². The van der Waals surface area contributed by atoms with E-state index in [-0.39, 0.29) is 0 Å². The molecular formula is C17H14N2S. The average Bonchev–Trinajstić information content (AvgIpc) is 3.10. The third-order valence-electron chi connectivity index (χ3n) is 3.58. The molecule has 4 rings (SSSR count). The molecular weight excluding hydrogens is 264 g/mol. The minimum absolute atomic E-state index is 0.930. The van der Waals surface area contributed by atoms with Gasteiger partial charge in [0, 0.05) is 17.6 Å². The molecule has 2 aromatic rings. The Labute approximate surface area is 122 Å². The standard InChI is InChI=1S/C17H14N2S/c1-2-4-13(5-3-1)14-6-8-15(9-7-14)16-12-19-11-10-18-17(19)20-16/h1-9,12H,10-11H2. The highest BCUT2D eigenvalue weighted by Crippen LogP contribution is 2.38. The molecule has 0 unspecified atom stereocenters. The van der Waals surface area contributed by atoms with Gasteiger partial charge in [-0.25, -0.2) is 0 Å². The zero-order chi connectivity index (χ0) is 13.4. The first-order chi connectivity index (χ1) is 9.90. The van der Waals surface area contributed by atoms with Crippen molar-refractivity contribution in [1.29, 1.82) is 0 Å². The van der Waals surface area contributed by atoms with E-state index in [2.05, 4.69) is 64.6 Å². The van der Waals surface area contributed by atoms with Crippen LogP contribution in [0.3, 0.4) is 0 Å². The van der Waals surface area contributed by atoms with Crippen molar-refractivity contribution >= 4 is 21.8 Å². The Bertz CT molecular complexity index is 687. The minimum Gasteiger partial charge on any atom is -0.325 e. The van der Waals surface area contributed by atoms with Gasteiger partial charge in [-0.15, -0.1) is 0 Å². The molecule has 0 atom stereocenters. The van der Waals surface area contributed by atoms with Crippen molar-refractivity contribution in [2.45, 2.75) is 0 Å². The van der Waals surface area contributed by atoms with Gasteiger partial charge in [0.2, 0.25) is 0 Å². The number of amidine groups is 1. The molecule has 0 N–H and O–H groups in total. The summed E-state index contributed by atoms with van der Waals surface area (Å²) in [4.78, 5) is 8.03. The molecule has 0 bridgehead atoms. The second-order valence-corrected chi connectivity index (χ2v) is 5.91. The van der Waals surface area contributed by atoms with Crippen molar-refractivity contribution in [1.82, 2.24) is 4.90 Å². The van der Waals surface area contributed by atoms with Crippen LogP contribution in [0.25, 0.3) is 16.0 Å². The van der Waals surface area contributed by atoms with E-state index < -0.39 is 0 Å². The summed E-state index contributed by atoms with van der Waals surface area (Å²) in [5.41, 5.74) is 3.79. The molecule has 0 amide bonds. The summed E-state index contributed by atoms with van der Waals surface area (Å²) in [5, 5.41) is 1.15. The fraction of sp³-hybridized carbons (Fsp3) is 0.118. The lowest BCUT2D eigenvalue weighted by molar-refractivity contribution is 0.626. The first kappa shape index (κ1) is 11.8.